The maximum Gasteiger partial charge on any atom is 0.264 e. The van der Waals surface area contributed by atoms with Gasteiger partial charge in [-0.1, -0.05) is 6.42 Å². The zero-order chi connectivity index (χ0) is 8.77. The molecule has 2 aliphatic rings. The van der Waals surface area contributed by atoms with Crippen LogP contribution in [0, 0.1) is 11.8 Å². The molecule has 0 bridgehead atoms. The van der Waals surface area contributed by atoms with Crippen LogP contribution in [-0.2, 0) is 14.3 Å². The van der Waals surface area contributed by atoms with Crippen LogP contribution in [0.3, 0.4) is 0 Å². The van der Waals surface area contributed by atoms with E-state index in [2.05, 4.69) is 0 Å². The Kier molecular flexibility index (Phi) is 1.92. The first kappa shape index (κ1) is 8.51. The van der Waals surface area contributed by atoms with Crippen LogP contribution >= 0.6 is 0 Å². The van der Waals surface area contributed by atoms with Crippen molar-refractivity contribution in [2.75, 3.05) is 6.26 Å². The molecule has 0 spiro atoms. The predicted molar refractivity (Wildman–Crippen MR) is 45.2 cm³/mol. The molecule has 2 fully saturated rings. The average molecular weight is 190 g/mol. The minimum atomic E-state index is -3.23. The van der Waals surface area contributed by atoms with Gasteiger partial charge in [-0.2, -0.15) is 8.42 Å². The van der Waals surface area contributed by atoms with E-state index in [0.717, 1.165) is 25.0 Å². The van der Waals surface area contributed by atoms with E-state index in [1.54, 1.807) is 0 Å². The maximum absolute atomic E-state index is 10.8. The molecule has 2 aliphatic carbocycles. The molecule has 4 heteroatoms. The van der Waals surface area contributed by atoms with Crippen molar-refractivity contribution in [2.24, 2.45) is 11.8 Å². The lowest BCUT2D eigenvalue weighted by Crippen LogP contribution is -2.23. The van der Waals surface area contributed by atoms with E-state index < -0.39 is 10.1 Å². The molecule has 0 radical (unpaired) electrons. The van der Waals surface area contributed by atoms with Gasteiger partial charge in [-0.3, -0.25) is 4.18 Å². The summed E-state index contributed by atoms with van der Waals surface area (Å²) in [6, 6.07) is 0. The molecule has 3 atom stereocenters. The second-order valence-electron chi connectivity index (χ2n) is 3.93. The maximum atomic E-state index is 10.8. The van der Waals surface area contributed by atoms with Gasteiger partial charge in [0.25, 0.3) is 10.1 Å². The summed E-state index contributed by atoms with van der Waals surface area (Å²) in [5.74, 6) is 1.32. The van der Waals surface area contributed by atoms with Gasteiger partial charge < -0.3 is 0 Å². The number of fused-ring (bicyclic) bond motifs is 1. The summed E-state index contributed by atoms with van der Waals surface area (Å²) >= 11 is 0. The third kappa shape index (κ3) is 1.80. The van der Waals surface area contributed by atoms with Crippen LogP contribution in [0.2, 0.25) is 0 Å². The van der Waals surface area contributed by atoms with E-state index in [1.165, 1.54) is 12.8 Å². The van der Waals surface area contributed by atoms with Gasteiger partial charge in [-0.05, 0) is 31.1 Å². The first-order valence-corrected chi connectivity index (χ1v) is 6.26. The SMILES string of the molecule is CS(=O)(=O)OC1CCCC2CC21. The Morgan fingerprint density at radius 1 is 1.33 bits per heavy atom. The largest absolute Gasteiger partial charge is 0.267 e. The molecule has 2 rings (SSSR count). The van der Waals surface area contributed by atoms with Gasteiger partial charge in [-0.15, -0.1) is 0 Å². The highest BCUT2D eigenvalue weighted by molar-refractivity contribution is 7.86. The molecule has 0 N–H and O–H groups in total. The molecule has 0 aliphatic heterocycles. The number of rotatable bonds is 2. The fourth-order valence-electron chi connectivity index (χ4n) is 2.20. The van der Waals surface area contributed by atoms with Crippen molar-refractivity contribution in [1.82, 2.24) is 0 Å². The van der Waals surface area contributed by atoms with Crippen molar-refractivity contribution in [1.29, 1.82) is 0 Å². The molecule has 0 heterocycles. The molecule has 0 amide bonds. The molecule has 3 unspecified atom stereocenters. The second-order valence-corrected chi connectivity index (χ2v) is 5.53. The zero-order valence-electron chi connectivity index (χ0n) is 7.19. The van der Waals surface area contributed by atoms with E-state index in [0.29, 0.717) is 5.92 Å². The Morgan fingerprint density at radius 3 is 2.75 bits per heavy atom. The Hall–Kier alpha value is -0.0900. The molecule has 70 valence electrons. The first-order valence-electron chi connectivity index (χ1n) is 4.44. The predicted octanol–water partition coefficient (Wildman–Crippen LogP) is 1.15. The highest BCUT2D eigenvalue weighted by Crippen LogP contribution is 2.50. The first-order chi connectivity index (χ1) is 5.56. The lowest BCUT2D eigenvalue weighted by molar-refractivity contribution is 0.149. The fraction of sp³-hybridized carbons (Fsp3) is 1.00. The minimum Gasteiger partial charge on any atom is -0.267 e. The quantitative estimate of drug-likeness (QED) is 0.613. The fourth-order valence-corrected chi connectivity index (χ4v) is 2.89. The highest BCUT2D eigenvalue weighted by Gasteiger charge is 2.46. The summed E-state index contributed by atoms with van der Waals surface area (Å²) < 4.78 is 26.7. The Labute approximate surface area is 73.2 Å². The topological polar surface area (TPSA) is 43.4 Å². The van der Waals surface area contributed by atoms with Crippen LogP contribution < -0.4 is 0 Å². The lowest BCUT2D eigenvalue weighted by atomic mass is 9.98. The summed E-state index contributed by atoms with van der Waals surface area (Å²) in [5.41, 5.74) is 0. The van der Waals surface area contributed by atoms with E-state index in [1.807, 2.05) is 0 Å². The number of hydrogen-bond acceptors (Lipinski definition) is 3. The van der Waals surface area contributed by atoms with Crippen molar-refractivity contribution in [3.05, 3.63) is 0 Å². The summed E-state index contributed by atoms with van der Waals surface area (Å²) in [5, 5.41) is 0. The minimum absolute atomic E-state index is 0.00116. The molecule has 0 aromatic carbocycles. The second kappa shape index (κ2) is 2.70. The summed E-state index contributed by atoms with van der Waals surface area (Å²) in [7, 11) is -3.23. The Balaban J connectivity index is 1.96. The zero-order valence-corrected chi connectivity index (χ0v) is 8.01. The van der Waals surface area contributed by atoms with E-state index in [-0.39, 0.29) is 6.10 Å². The van der Waals surface area contributed by atoms with Crippen LogP contribution in [0.15, 0.2) is 0 Å². The smallest absolute Gasteiger partial charge is 0.264 e. The summed E-state index contributed by atoms with van der Waals surface area (Å²) in [4.78, 5) is 0. The van der Waals surface area contributed by atoms with Crippen molar-refractivity contribution < 1.29 is 12.6 Å². The normalized spacial score (nSPS) is 40.6. The number of hydrogen-bond donors (Lipinski definition) is 0. The van der Waals surface area contributed by atoms with Gasteiger partial charge in [-0.25, -0.2) is 0 Å². The van der Waals surface area contributed by atoms with Crippen LogP contribution in [0.4, 0.5) is 0 Å². The monoisotopic (exact) mass is 190 g/mol. The van der Waals surface area contributed by atoms with Crippen LogP contribution in [-0.4, -0.2) is 20.8 Å². The van der Waals surface area contributed by atoms with Gasteiger partial charge in [0.05, 0.1) is 12.4 Å². The molecular weight excluding hydrogens is 176 g/mol. The molecular formula is C8H14O3S. The van der Waals surface area contributed by atoms with E-state index >= 15 is 0 Å². The molecule has 2 saturated carbocycles. The molecule has 0 aromatic heterocycles. The van der Waals surface area contributed by atoms with Crippen molar-refractivity contribution in [3.63, 3.8) is 0 Å². The molecule has 0 aromatic rings. The van der Waals surface area contributed by atoms with Gasteiger partial charge >= 0.3 is 0 Å². The van der Waals surface area contributed by atoms with Crippen molar-refractivity contribution >= 4 is 10.1 Å². The van der Waals surface area contributed by atoms with Crippen LogP contribution in [0.25, 0.3) is 0 Å². The van der Waals surface area contributed by atoms with Crippen molar-refractivity contribution in [3.8, 4) is 0 Å². The van der Waals surface area contributed by atoms with Crippen LogP contribution in [0.5, 0.6) is 0 Å². The third-order valence-electron chi connectivity index (χ3n) is 2.82. The third-order valence-corrected chi connectivity index (χ3v) is 3.41. The summed E-state index contributed by atoms with van der Waals surface area (Å²) in [6.07, 6.45) is 5.64. The van der Waals surface area contributed by atoms with Gasteiger partial charge in [0.15, 0.2) is 0 Å². The van der Waals surface area contributed by atoms with Gasteiger partial charge in [0, 0.05) is 0 Å². The molecule has 3 nitrogen and oxygen atoms in total. The van der Waals surface area contributed by atoms with Crippen LogP contribution in [0.1, 0.15) is 25.7 Å². The summed E-state index contributed by atoms with van der Waals surface area (Å²) in [6.45, 7) is 0. The van der Waals surface area contributed by atoms with Gasteiger partial charge in [0.2, 0.25) is 0 Å². The van der Waals surface area contributed by atoms with E-state index in [9.17, 15) is 8.42 Å². The van der Waals surface area contributed by atoms with Gasteiger partial charge in [0.1, 0.15) is 0 Å². The average Bonchev–Trinajstić information content (AvgIpc) is 2.62. The molecule has 12 heavy (non-hydrogen) atoms. The lowest BCUT2D eigenvalue weighted by Gasteiger charge is -2.19. The Morgan fingerprint density at radius 2 is 2.08 bits per heavy atom. The van der Waals surface area contributed by atoms with Crippen molar-refractivity contribution in [2.45, 2.75) is 31.8 Å². The standard InChI is InChI=1S/C8H14O3S/c1-12(9,10)11-8-4-2-3-6-5-7(6)8/h6-8H,2-5H2,1H3. The molecule has 0 saturated heterocycles. The Bertz CT molecular complexity index is 270. The highest BCUT2D eigenvalue weighted by atomic mass is 32.2. The van der Waals surface area contributed by atoms with E-state index in [4.69, 9.17) is 4.18 Å².